The second kappa shape index (κ2) is 7.62. The van der Waals surface area contributed by atoms with E-state index in [1.807, 2.05) is 35.2 Å². The van der Waals surface area contributed by atoms with Crippen LogP contribution in [0, 0.1) is 12.3 Å². The predicted molar refractivity (Wildman–Crippen MR) is 104 cm³/mol. The van der Waals surface area contributed by atoms with Crippen molar-refractivity contribution in [3.63, 3.8) is 0 Å². The maximum absolute atomic E-state index is 12.7. The fourth-order valence-electron chi connectivity index (χ4n) is 4.35. The summed E-state index contributed by atoms with van der Waals surface area (Å²) in [7, 11) is 0. The molecule has 0 spiro atoms. The van der Waals surface area contributed by atoms with Gasteiger partial charge in [0, 0.05) is 24.1 Å². The third kappa shape index (κ3) is 3.46. The van der Waals surface area contributed by atoms with Crippen molar-refractivity contribution in [2.75, 3.05) is 6.54 Å². The molecule has 2 aromatic rings. The average Bonchev–Trinajstić information content (AvgIpc) is 3.15. The van der Waals surface area contributed by atoms with Gasteiger partial charge in [0.25, 0.3) is 5.91 Å². The molecule has 1 fully saturated rings. The summed E-state index contributed by atoms with van der Waals surface area (Å²) in [5.41, 5.74) is 2.55. The molecule has 0 radical (unpaired) electrons. The number of nitrogens with zero attached hydrogens (tertiary/aromatic N) is 2. The number of fused-ring (bicyclic) bond motifs is 1. The van der Waals surface area contributed by atoms with Gasteiger partial charge in [-0.15, -0.1) is 0 Å². The number of carbonyl (C=O) groups excluding carboxylic acids is 2. The van der Waals surface area contributed by atoms with E-state index in [2.05, 4.69) is 16.4 Å². The number of piperidine rings is 1. The SMILES string of the molecule is Cc1ncoc1C(=O)NCC12CCCC=C1N(Cc1ccccc1)C(=O)CC2. The molecule has 1 aromatic carbocycles. The molecule has 1 aliphatic carbocycles. The Kier molecular flexibility index (Phi) is 5.03. The smallest absolute Gasteiger partial charge is 0.289 e. The summed E-state index contributed by atoms with van der Waals surface area (Å²) in [5.74, 6) is 0.164. The van der Waals surface area contributed by atoms with Crippen LogP contribution in [0.15, 0.2) is 52.9 Å². The molecule has 28 heavy (non-hydrogen) atoms. The van der Waals surface area contributed by atoms with Crippen LogP contribution >= 0.6 is 0 Å². The van der Waals surface area contributed by atoms with Crippen molar-refractivity contribution in [2.45, 2.75) is 45.6 Å². The van der Waals surface area contributed by atoms with Crippen LogP contribution < -0.4 is 5.32 Å². The Morgan fingerprint density at radius 2 is 2.11 bits per heavy atom. The molecule has 2 heterocycles. The summed E-state index contributed by atoms with van der Waals surface area (Å²) in [6, 6.07) is 10.0. The Morgan fingerprint density at radius 1 is 1.29 bits per heavy atom. The highest BCUT2D eigenvalue weighted by Crippen LogP contribution is 2.46. The number of aryl methyl sites for hydroxylation is 1. The van der Waals surface area contributed by atoms with Crippen LogP contribution in [0.4, 0.5) is 0 Å². The van der Waals surface area contributed by atoms with Crippen molar-refractivity contribution >= 4 is 11.8 Å². The number of amides is 2. The third-order valence-corrected chi connectivity index (χ3v) is 5.87. The van der Waals surface area contributed by atoms with E-state index in [0.29, 0.717) is 25.2 Å². The topological polar surface area (TPSA) is 75.4 Å². The van der Waals surface area contributed by atoms with Crippen LogP contribution in [-0.2, 0) is 11.3 Å². The first kappa shape index (κ1) is 18.5. The van der Waals surface area contributed by atoms with Crippen molar-refractivity contribution in [1.82, 2.24) is 15.2 Å². The number of hydrogen-bond donors (Lipinski definition) is 1. The van der Waals surface area contributed by atoms with Gasteiger partial charge in [0.1, 0.15) is 0 Å². The Balaban J connectivity index is 1.55. The van der Waals surface area contributed by atoms with Gasteiger partial charge in [-0.2, -0.15) is 0 Å². The molecule has 146 valence electrons. The molecule has 1 aliphatic heterocycles. The molecule has 1 atom stereocenters. The van der Waals surface area contributed by atoms with Gasteiger partial charge in [0.2, 0.25) is 11.7 Å². The minimum atomic E-state index is -0.249. The summed E-state index contributed by atoms with van der Waals surface area (Å²) in [5, 5.41) is 3.03. The Bertz CT molecular complexity index is 903. The molecular weight excluding hydrogens is 354 g/mol. The van der Waals surface area contributed by atoms with Crippen LogP contribution in [0.25, 0.3) is 0 Å². The second-order valence-corrected chi connectivity index (χ2v) is 7.68. The summed E-state index contributed by atoms with van der Waals surface area (Å²) in [6.45, 7) is 2.82. The van der Waals surface area contributed by atoms with E-state index >= 15 is 0 Å². The van der Waals surface area contributed by atoms with E-state index in [1.54, 1.807) is 6.92 Å². The Hall–Kier alpha value is -2.89. The Morgan fingerprint density at radius 3 is 2.86 bits per heavy atom. The lowest BCUT2D eigenvalue weighted by Crippen LogP contribution is -2.50. The van der Waals surface area contributed by atoms with Gasteiger partial charge in [-0.1, -0.05) is 36.4 Å². The predicted octanol–water partition coefficient (Wildman–Crippen LogP) is 3.59. The maximum Gasteiger partial charge on any atom is 0.289 e. The van der Waals surface area contributed by atoms with E-state index in [1.165, 1.54) is 6.39 Å². The Labute approximate surface area is 164 Å². The second-order valence-electron chi connectivity index (χ2n) is 7.68. The number of likely N-dealkylation sites (tertiary alicyclic amines) is 1. The van der Waals surface area contributed by atoms with Gasteiger partial charge in [-0.05, 0) is 38.2 Å². The molecule has 1 aromatic heterocycles. The normalized spacial score (nSPS) is 21.8. The van der Waals surface area contributed by atoms with Crippen LogP contribution in [-0.4, -0.2) is 28.2 Å². The van der Waals surface area contributed by atoms with Gasteiger partial charge in [0.15, 0.2) is 6.39 Å². The van der Waals surface area contributed by atoms with Gasteiger partial charge in [-0.3, -0.25) is 9.59 Å². The lowest BCUT2D eigenvalue weighted by atomic mass is 9.69. The lowest BCUT2D eigenvalue weighted by Gasteiger charge is -2.47. The molecule has 2 amide bonds. The molecule has 0 bridgehead atoms. The van der Waals surface area contributed by atoms with Crippen molar-refractivity contribution in [2.24, 2.45) is 5.41 Å². The number of hydrogen-bond acceptors (Lipinski definition) is 4. The number of benzene rings is 1. The summed E-state index contributed by atoms with van der Waals surface area (Å²) in [4.78, 5) is 31.2. The zero-order valence-electron chi connectivity index (χ0n) is 16.1. The van der Waals surface area contributed by atoms with E-state index in [9.17, 15) is 9.59 Å². The van der Waals surface area contributed by atoms with Gasteiger partial charge in [0.05, 0.1) is 12.2 Å². The molecule has 1 N–H and O–H groups in total. The quantitative estimate of drug-likeness (QED) is 0.861. The monoisotopic (exact) mass is 379 g/mol. The van der Waals surface area contributed by atoms with Gasteiger partial charge >= 0.3 is 0 Å². The van der Waals surface area contributed by atoms with Crippen molar-refractivity contribution in [1.29, 1.82) is 0 Å². The van der Waals surface area contributed by atoms with Crippen molar-refractivity contribution < 1.29 is 14.0 Å². The highest BCUT2D eigenvalue weighted by atomic mass is 16.3. The van der Waals surface area contributed by atoms with Gasteiger partial charge in [-0.25, -0.2) is 4.98 Å². The van der Waals surface area contributed by atoms with E-state index in [4.69, 9.17) is 4.42 Å². The summed E-state index contributed by atoms with van der Waals surface area (Å²) in [6.07, 6.45) is 7.73. The van der Waals surface area contributed by atoms with Crippen LogP contribution in [0.3, 0.4) is 0 Å². The number of carbonyl (C=O) groups is 2. The van der Waals surface area contributed by atoms with Crippen molar-refractivity contribution in [3.05, 3.63) is 65.5 Å². The summed E-state index contributed by atoms with van der Waals surface area (Å²) < 4.78 is 5.21. The molecule has 6 heteroatoms. The van der Waals surface area contributed by atoms with Crippen LogP contribution in [0.2, 0.25) is 0 Å². The minimum absolute atomic E-state index is 0.157. The first-order chi connectivity index (χ1) is 13.6. The first-order valence-electron chi connectivity index (χ1n) is 9.82. The van der Waals surface area contributed by atoms with E-state index < -0.39 is 0 Å². The standard InChI is InChI=1S/C22H25N3O3/c1-16-20(28-15-24-16)21(27)23-14-22-11-6-5-9-18(22)25(19(26)10-12-22)13-17-7-3-2-4-8-17/h2-4,7-9,15H,5-6,10-14H2,1H3,(H,23,27). The number of aromatic nitrogens is 1. The van der Waals surface area contributed by atoms with Crippen LogP contribution in [0.5, 0.6) is 0 Å². The molecular formula is C22H25N3O3. The fourth-order valence-corrected chi connectivity index (χ4v) is 4.35. The number of allylic oxidation sites excluding steroid dienone is 1. The highest BCUT2D eigenvalue weighted by molar-refractivity contribution is 5.92. The average molecular weight is 379 g/mol. The first-order valence-corrected chi connectivity index (χ1v) is 9.82. The fraction of sp³-hybridized carbons (Fsp3) is 0.409. The largest absolute Gasteiger partial charge is 0.438 e. The number of rotatable bonds is 5. The highest BCUT2D eigenvalue weighted by Gasteiger charge is 2.44. The van der Waals surface area contributed by atoms with Gasteiger partial charge < -0.3 is 14.6 Å². The van der Waals surface area contributed by atoms with E-state index in [0.717, 1.165) is 36.9 Å². The molecule has 1 saturated heterocycles. The molecule has 6 nitrogen and oxygen atoms in total. The lowest BCUT2D eigenvalue weighted by molar-refractivity contribution is -0.134. The third-order valence-electron chi connectivity index (χ3n) is 5.87. The van der Waals surface area contributed by atoms with Crippen molar-refractivity contribution in [3.8, 4) is 0 Å². The molecule has 4 rings (SSSR count). The summed E-state index contributed by atoms with van der Waals surface area (Å²) >= 11 is 0. The number of oxazole rings is 1. The minimum Gasteiger partial charge on any atom is -0.438 e. The molecule has 1 unspecified atom stereocenters. The van der Waals surface area contributed by atoms with E-state index in [-0.39, 0.29) is 23.0 Å². The number of nitrogens with one attached hydrogen (secondary N) is 1. The van der Waals surface area contributed by atoms with Crippen LogP contribution in [0.1, 0.15) is 53.9 Å². The molecule has 2 aliphatic rings. The zero-order chi connectivity index (χ0) is 19.6. The molecule has 0 saturated carbocycles. The zero-order valence-corrected chi connectivity index (χ0v) is 16.1. The maximum atomic E-state index is 12.7.